The summed E-state index contributed by atoms with van der Waals surface area (Å²) in [7, 11) is 0. The summed E-state index contributed by atoms with van der Waals surface area (Å²) < 4.78 is 0. The molecule has 0 saturated carbocycles. The van der Waals surface area contributed by atoms with Gasteiger partial charge in [0.05, 0.1) is 11.7 Å². The molecule has 1 spiro atoms. The lowest BCUT2D eigenvalue weighted by Crippen LogP contribution is -2.51. The Kier molecular flexibility index (Phi) is 5.18. The molecule has 3 heterocycles. The van der Waals surface area contributed by atoms with E-state index in [0.29, 0.717) is 0 Å². The van der Waals surface area contributed by atoms with Crippen LogP contribution in [0.5, 0.6) is 0 Å². The van der Waals surface area contributed by atoms with Gasteiger partial charge in [0.1, 0.15) is 5.82 Å². The van der Waals surface area contributed by atoms with Gasteiger partial charge in [0, 0.05) is 36.0 Å². The lowest BCUT2D eigenvalue weighted by atomic mass is 9.76. The molecule has 3 aliphatic rings. The third-order valence-corrected chi connectivity index (χ3v) is 7.13. The summed E-state index contributed by atoms with van der Waals surface area (Å²) in [5.41, 5.74) is 1.67. The summed E-state index contributed by atoms with van der Waals surface area (Å²) in [6.07, 6.45) is 7.49. The number of carbonyl (C=O) groups excluding carboxylic acids is 1. The van der Waals surface area contributed by atoms with Gasteiger partial charge in [0.15, 0.2) is 0 Å². The Morgan fingerprint density at radius 1 is 1.28 bits per heavy atom. The molecule has 29 heavy (non-hydrogen) atoms. The monoisotopic (exact) mass is 398 g/mol. The maximum absolute atomic E-state index is 13.2. The van der Waals surface area contributed by atoms with Crippen LogP contribution in [0.1, 0.15) is 70.0 Å². The van der Waals surface area contributed by atoms with E-state index in [1.807, 2.05) is 11.0 Å². The Morgan fingerprint density at radius 2 is 2.00 bits per heavy atom. The van der Waals surface area contributed by atoms with Crippen molar-refractivity contribution < 1.29 is 4.79 Å². The zero-order valence-corrected chi connectivity index (χ0v) is 18.1. The van der Waals surface area contributed by atoms with E-state index in [9.17, 15) is 9.59 Å². The van der Waals surface area contributed by atoms with Gasteiger partial charge in [-0.1, -0.05) is 26.8 Å². The molecule has 0 bridgehead atoms. The van der Waals surface area contributed by atoms with Crippen LogP contribution >= 0.6 is 0 Å². The summed E-state index contributed by atoms with van der Waals surface area (Å²) in [6, 6.07) is 0.00590. The zero-order chi connectivity index (χ0) is 20.8. The van der Waals surface area contributed by atoms with E-state index in [1.54, 1.807) is 0 Å². The lowest BCUT2D eigenvalue weighted by Gasteiger charge is -2.41. The number of aromatic nitrogens is 2. The number of aromatic amines is 1. The summed E-state index contributed by atoms with van der Waals surface area (Å²) in [6.45, 7) is 13.4. The molecule has 2 fully saturated rings. The average Bonchev–Trinajstić information content (AvgIpc) is 3.27. The fourth-order valence-electron chi connectivity index (χ4n) is 5.35. The second kappa shape index (κ2) is 7.38. The SMILES string of the molecule is C=CCN1CCC[C@H]1C(=O)N1CCC2(CCc3c2nc(C(C)(C)C)[nH]c3=O)CC1. The van der Waals surface area contributed by atoms with E-state index in [2.05, 4.69) is 37.2 Å². The van der Waals surface area contributed by atoms with Crippen molar-refractivity contribution >= 4 is 5.91 Å². The van der Waals surface area contributed by atoms with Gasteiger partial charge in [-0.15, -0.1) is 6.58 Å². The van der Waals surface area contributed by atoms with Crippen LogP contribution in [-0.2, 0) is 22.0 Å². The van der Waals surface area contributed by atoms with Crippen LogP contribution in [0.4, 0.5) is 0 Å². The molecule has 1 aromatic rings. The first kappa shape index (κ1) is 20.3. The number of nitrogens with one attached hydrogen (secondary N) is 1. The van der Waals surface area contributed by atoms with Crippen molar-refractivity contribution in [3.8, 4) is 0 Å². The number of nitrogens with zero attached hydrogens (tertiary/aromatic N) is 3. The van der Waals surface area contributed by atoms with E-state index in [1.165, 1.54) is 0 Å². The third kappa shape index (κ3) is 3.56. The van der Waals surface area contributed by atoms with Gasteiger partial charge in [0.2, 0.25) is 5.91 Å². The number of amides is 1. The highest BCUT2D eigenvalue weighted by atomic mass is 16.2. The van der Waals surface area contributed by atoms with Gasteiger partial charge >= 0.3 is 0 Å². The van der Waals surface area contributed by atoms with Crippen LogP contribution < -0.4 is 5.56 Å². The lowest BCUT2D eigenvalue weighted by molar-refractivity contribution is -0.137. The Labute approximate surface area is 173 Å². The molecule has 0 radical (unpaired) electrons. The molecular formula is C23H34N4O2. The number of H-pyrrole nitrogens is 1. The van der Waals surface area contributed by atoms with Gasteiger partial charge in [-0.05, 0) is 45.1 Å². The van der Waals surface area contributed by atoms with E-state index >= 15 is 0 Å². The highest BCUT2D eigenvalue weighted by Crippen LogP contribution is 2.44. The highest BCUT2D eigenvalue weighted by molar-refractivity contribution is 5.82. The van der Waals surface area contributed by atoms with Crippen molar-refractivity contribution in [2.45, 2.75) is 76.2 Å². The summed E-state index contributed by atoms with van der Waals surface area (Å²) >= 11 is 0. The van der Waals surface area contributed by atoms with Crippen LogP contribution in [0.15, 0.2) is 17.4 Å². The number of likely N-dealkylation sites (tertiary alicyclic amines) is 2. The smallest absolute Gasteiger partial charge is 0.254 e. The number of rotatable bonds is 3. The zero-order valence-electron chi connectivity index (χ0n) is 18.1. The van der Waals surface area contributed by atoms with Crippen molar-refractivity contribution in [1.82, 2.24) is 19.8 Å². The molecule has 0 aromatic carbocycles. The number of hydrogen-bond acceptors (Lipinski definition) is 4. The molecule has 2 saturated heterocycles. The summed E-state index contributed by atoms with van der Waals surface area (Å²) in [4.78, 5) is 38.1. The van der Waals surface area contributed by atoms with Gasteiger partial charge in [-0.25, -0.2) is 4.98 Å². The molecular weight excluding hydrogens is 364 g/mol. The summed E-state index contributed by atoms with van der Waals surface area (Å²) in [5, 5.41) is 0. The Morgan fingerprint density at radius 3 is 2.66 bits per heavy atom. The van der Waals surface area contributed by atoms with Crippen molar-refractivity contribution in [1.29, 1.82) is 0 Å². The van der Waals surface area contributed by atoms with Crippen LogP contribution in [0.2, 0.25) is 0 Å². The topological polar surface area (TPSA) is 69.3 Å². The van der Waals surface area contributed by atoms with E-state index in [-0.39, 0.29) is 28.3 Å². The first-order valence-electron chi connectivity index (χ1n) is 11.0. The first-order valence-corrected chi connectivity index (χ1v) is 11.0. The van der Waals surface area contributed by atoms with Gasteiger partial charge in [-0.3, -0.25) is 14.5 Å². The molecule has 0 unspecified atom stereocenters. The van der Waals surface area contributed by atoms with Gasteiger partial charge in [0.25, 0.3) is 5.56 Å². The minimum Gasteiger partial charge on any atom is -0.341 e. The van der Waals surface area contributed by atoms with Crippen LogP contribution in [0, 0.1) is 0 Å². The highest BCUT2D eigenvalue weighted by Gasteiger charge is 2.46. The van der Waals surface area contributed by atoms with Crippen molar-refractivity contribution in [2.24, 2.45) is 0 Å². The van der Waals surface area contributed by atoms with Crippen LogP contribution in [0.3, 0.4) is 0 Å². The van der Waals surface area contributed by atoms with Crippen molar-refractivity contribution in [2.75, 3.05) is 26.2 Å². The predicted octanol–water partition coefficient (Wildman–Crippen LogP) is 2.52. The Bertz CT molecular complexity index is 859. The van der Waals surface area contributed by atoms with Crippen LogP contribution in [0.25, 0.3) is 0 Å². The number of fused-ring (bicyclic) bond motifs is 2. The summed E-state index contributed by atoms with van der Waals surface area (Å²) in [5.74, 6) is 1.04. The minimum atomic E-state index is -0.189. The predicted molar refractivity (Wildman–Crippen MR) is 114 cm³/mol. The fraction of sp³-hybridized carbons (Fsp3) is 0.696. The minimum absolute atomic E-state index is 0.00590. The molecule has 158 valence electrons. The fourth-order valence-corrected chi connectivity index (χ4v) is 5.35. The Hall–Kier alpha value is -1.95. The van der Waals surface area contributed by atoms with Crippen molar-refractivity contribution in [3.05, 3.63) is 40.1 Å². The number of hydrogen-bond donors (Lipinski definition) is 1. The number of piperidine rings is 1. The average molecular weight is 399 g/mol. The number of carbonyl (C=O) groups is 1. The second-order valence-electron chi connectivity index (χ2n) is 10.0. The molecule has 1 amide bonds. The molecule has 1 aromatic heterocycles. The van der Waals surface area contributed by atoms with Gasteiger partial charge < -0.3 is 9.88 Å². The molecule has 6 nitrogen and oxygen atoms in total. The van der Waals surface area contributed by atoms with Gasteiger partial charge in [-0.2, -0.15) is 0 Å². The van der Waals surface area contributed by atoms with E-state index in [4.69, 9.17) is 4.98 Å². The first-order chi connectivity index (χ1) is 13.7. The quantitative estimate of drug-likeness (QED) is 0.795. The molecule has 2 aliphatic heterocycles. The molecule has 1 atom stereocenters. The second-order valence-corrected chi connectivity index (χ2v) is 10.0. The van der Waals surface area contributed by atoms with E-state index in [0.717, 1.165) is 81.8 Å². The van der Waals surface area contributed by atoms with Crippen LogP contribution in [-0.4, -0.2) is 57.9 Å². The largest absolute Gasteiger partial charge is 0.341 e. The normalized spacial score (nSPS) is 24.1. The maximum atomic E-state index is 13.2. The molecule has 1 N–H and O–H groups in total. The van der Waals surface area contributed by atoms with Crippen molar-refractivity contribution in [3.63, 3.8) is 0 Å². The third-order valence-electron chi connectivity index (χ3n) is 7.13. The standard InChI is InChI=1S/C23H34N4O2/c1-5-12-26-13-6-7-17(26)20(29)27-14-10-23(11-15-27)9-8-16-18(23)24-21(22(2,3)4)25-19(16)28/h5,17H,1,6-15H2,2-4H3,(H,24,25,28)/t17-/m0/s1. The molecule has 4 rings (SSSR count). The maximum Gasteiger partial charge on any atom is 0.254 e. The molecule has 1 aliphatic carbocycles. The Balaban J connectivity index is 1.52. The molecule has 6 heteroatoms. The van der Waals surface area contributed by atoms with E-state index < -0.39 is 0 Å².